The lowest BCUT2D eigenvalue weighted by Gasteiger charge is -2.39. The summed E-state index contributed by atoms with van der Waals surface area (Å²) in [5, 5.41) is 3.50. The SMILES string of the molecule is CCC1CCC(C(NC)C2COc3ccccc3O2)CC1. The summed E-state index contributed by atoms with van der Waals surface area (Å²) < 4.78 is 12.1. The zero-order valence-corrected chi connectivity index (χ0v) is 13.2. The van der Waals surface area contributed by atoms with Crippen LogP contribution in [0.3, 0.4) is 0 Å². The van der Waals surface area contributed by atoms with Gasteiger partial charge in [-0.05, 0) is 43.9 Å². The molecule has 1 aromatic rings. The molecule has 3 rings (SSSR count). The molecule has 1 fully saturated rings. The van der Waals surface area contributed by atoms with Gasteiger partial charge in [0.1, 0.15) is 12.7 Å². The van der Waals surface area contributed by atoms with Gasteiger partial charge in [0.25, 0.3) is 0 Å². The lowest BCUT2D eigenvalue weighted by molar-refractivity contribution is 0.0358. The standard InChI is InChI=1S/C18H27NO2/c1-3-13-8-10-14(11-9-13)18(19-2)17-12-20-15-6-4-5-7-16(15)21-17/h4-7,13-14,17-19H,3,8-12H2,1-2H3. The Bertz CT molecular complexity index is 454. The molecule has 0 spiro atoms. The Kier molecular flexibility index (Phi) is 4.69. The fraction of sp³-hybridized carbons (Fsp3) is 0.667. The summed E-state index contributed by atoms with van der Waals surface area (Å²) in [4.78, 5) is 0. The van der Waals surface area contributed by atoms with Crippen molar-refractivity contribution < 1.29 is 9.47 Å². The summed E-state index contributed by atoms with van der Waals surface area (Å²) in [5.74, 6) is 3.40. The van der Waals surface area contributed by atoms with Crippen LogP contribution in [0.5, 0.6) is 11.5 Å². The fourth-order valence-electron chi connectivity index (χ4n) is 3.89. The van der Waals surface area contributed by atoms with Crippen LogP contribution in [0.15, 0.2) is 24.3 Å². The smallest absolute Gasteiger partial charge is 0.161 e. The van der Waals surface area contributed by atoms with Crippen LogP contribution in [0.2, 0.25) is 0 Å². The molecule has 0 saturated heterocycles. The topological polar surface area (TPSA) is 30.5 Å². The Hall–Kier alpha value is -1.22. The number of fused-ring (bicyclic) bond motifs is 1. The van der Waals surface area contributed by atoms with Gasteiger partial charge in [0.05, 0.1) is 6.04 Å². The number of hydrogen-bond acceptors (Lipinski definition) is 3. The number of ether oxygens (including phenoxy) is 2. The lowest BCUT2D eigenvalue weighted by Crippen LogP contribution is -2.51. The Labute approximate surface area is 128 Å². The molecule has 2 unspecified atom stereocenters. The van der Waals surface area contributed by atoms with Crippen LogP contribution < -0.4 is 14.8 Å². The molecule has 0 amide bonds. The van der Waals surface area contributed by atoms with E-state index in [-0.39, 0.29) is 6.10 Å². The summed E-state index contributed by atoms with van der Waals surface area (Å²) >= 11 is 0. The van der Waals surface area contributed by atoms with E-state index in [9.17, 15) is 0 Å². The summed E-state index contributed by atoms with van der Waals surface area (Å²) in [6.07, 6.45) is 6.80. The summed E-state index contributed by atoms with van der Waals surface area (Å²) in [6.45, 7) is 2.96. The first-order chi connectivity index (χ1) is 10.3. The minimum absolute atomic E-state index is 0.119. The molecule has 1 aliphatic carbocycles. The maximum absolute atomic E-state index is 6.20. The van der Waals surface area contributed by atoms with Crippen molar-refractivity contribution in [2.75, 3.05) is 13.7 Å². The van der Waals surface area contributed by atoms with Gasteiger partial charge in [-0.2, -0.15) is 0 Å². The van der Waals surface area contributed by atoms with Crippen molar-refractivity contribution in [2.24, 2.45) is 11.8 Å². The highest BCUT2D eigenvalue weighted by Crippen LogP contribution is 2.37. The number of benzene rings is 1. The van der Waals surface area contributed by atoms with Crippen LogP contribution in [-0.2, 0) is 0 Å². The fourth-order valence-corrected chi connectivity index (χ4v) is 3.89. The van der Waals surface area contributed by atoms with Crippen molar-refractivity contribution in [1.29, 1.82) is 0 Å². The molecule has 21 heavy (non-hydrogen) atoms. The highest BCUT2D eigenvalue weighted by Gasteiger charge is 2.35. The largest absolute Gasteiger partial charge is 0.486 e. The van der Waals surface area contributed by atoms with Gasteiger partial charge in [-0.1, -0.05) is 38.3 Å². The third-order valence-corrected chi connectivity index (χ3v) is 5.24. The molecule has 116 valence electrons. The maximum Gasteiger partial charge on any atom is 0.161 e. The van der Waals surface area contributed by atoms with Crippen LogP contribution in [-0.4, -0.2) is 25.8 Å². The molecule has 2 aliphatic rings. The first kappa shape index (κ1) is 14.7. The third-order valence-electron chi connectivity index (χ3n) is 5.24. The normalized spacial score (nSPS) is 29.9. The van der Waals surface area contributed by atoms with Gasteiger partial charge in [-0.3, -0.25) is 0 Å². The van der Waals surface area contributed by atoms with Gasteiger partial charge in [-0.25, -0.2) is 0 Å². The van der Waals surface area contributed by atoms with E-state index in [0.29, 0.717) is 18.6 Å². The quantitative estimate of drug-likeness (QED) is 0.918. The second kappa shape index (κ2) is 6.69. The van der Waals surface area contributed by atoms with E-state index in [4.69, 9.17) is 9.47 Å². The molecule has 2 atom stereocenters. The molecule has 0 aromatic heterocycles. The van der Waals surface area contributed by atoms with Gasteiger partial charge in [0.15, 0.2) is 11.5 Å². The molecular weight excluding hydrogens is 262 g/mol. The van der Waals surface area contributed by atoms with E-state index in [0.717, 1.165) is 17.4 Å². The summed E-state index contributed by atoms with van der Waals surface area (Å²) in [6, 6.07) is 8.36. The highest BCUT2D eigenvalue weighted by atomic mass is 16.6. The van der Waals surface area contributed by atoms with E-state index in [1.165, 1.54) is 32.1 Å². The van der Waals surface area contributed by atoms with Gasteiger partial charge in [-0.15, -0.1) is 0 Å². The van der Waals surface area contributed by atoms with E-state index in [1.807, 2.05) is 24.3 Å². The minimum atomic E-state index is 0.119. The predicted molar refractivity (Wildman–Crippen MR) is 84.9 cm³/mol. The molecule has 1 N–H and O–H groups in total. The van der Waals surface area contributed by atoms with Crippen molar-refractivity contribution in [2.45, 2.75) is 51.2 Å². The maximum atomic E-state index is 6.20. The first-order valence-electron chi connectivity index (χ1n) is 8.37. The monoisotopic (exact) mass is 289 g/mol. The van der Waals surface area contributed by atoms with E-state index >= 15 is 0 Å². The van der Waals surface area contributed by atoms with Gasteiger partial charge < -0.3 is 14.8 Å². The van der Waals surface area contributed by atoms with Crippen molar-refractivity contribution in [3.8, 4) is 11.5 Å². The Morgan fingerprint density at radius 1 is 1.14 bits per heavy atom. The Balaban J connectivity index is 1.65. The third kappa shape index (κ3) is 3.18. The van der Waals surface area contributed by atoms with Crippen LogP contribution in [0.4, 0.5) is 0 Å². The van der Waals surface area contributed by atoms with E-state index in [2.05, 4.69) is 19.3 Å². The van der Waals surface area contributed by atoms with Crippen LogP contribution >= 0.6 is 0 Å². The Morgan fingerprint density at radius 2 is 1.86 bits per heavy atom. The molecule has 0 radical (unpaired) electrons. The van der Waals surface area contributed by atoms with Crippen molar-refractivity contribution >= 4 is 0 Å². The zero-order chi connectivity index (χ0) is 14.7. The molecule has 3 nitrogen and oxygen atoms in total. The number of hydrogen-bond donors (Lipinski definition) is 1. The van der Waals surface area contributed by atoms with Crippen LogP contribution in [0, 0.1) is 11.8 Å². The average Bonchev–Trinajstić information content (AvgIpc) is 2.56. The second-order valence-corrected chi connectivity index (χ2v) is 6.42. The van der Waals surface area contributed by atoms with Crippen molar-refractivity contribution in [3.05, 3.63) is 24.3 Å². The highest BCUT2D eigenvalue weighted by molar-refractivity contribution is 5.40. The van der Waals surface area contributed by atoms with E-state index in [1.54, 1.807) is 0 Å². The molecule has 0 bridgehead atoms. The number of para-hydroxylation sites is 2. The average molecular weight is 289 g/mol. The number of rotatable bonds is 4. The van der Waals surface area contributed by atoms with Gasteiger partial charge in [0, 0.05) is 0 Å². The molecule has 1 aromatic carbocycles. The molecule has 1 aliphatic heterocycles. The first-order valence-corrected chi connectivity index (χ1v) is 8.37. The van der Waals surface area contributed by atoms with Crippen LogP contribution in [0.25, 0.3) is 0 Å². The summed E-state index contributed by atoms with van der Waals surface area (Å²) in [5.41, 5.74) is 0. The summed E-state index contributed by atoms with van der Waals surface area (Å²) in [7, 11) is 2.06. The molecule has 1 saturated carbocycles. The second-order valence-electron chi connectivity index (χ2n) is 6.42. The lowest BCUT2D eigenvalue weighted by atomic mass is 9.76. The van der Waals surface area contributed by atoms with Crippen LogP contribution in [0.1, 0.15) is 39.0 Å². The van der Waals surface area contributed by atoms with Gasteiger partial charge in [0.2, 0.25) is 0 Å². The molecule has 1 heterocycles. The minimum Gasteiger partial charge on any atom is -0.486 e. The van der Waals surface area contributed by atoms with E-state index < -0.39 is 0 Å². The number of likely N-dealkylation sites (N-methyl/N-ethyl adjacent to an activating group) is 1. The predicted octanol–water partition coefficient (Wildman–Crippen LogP) is 3.63. The number of nitrogens with one attached hydrogen (secondary N) is 1. The molecule has 3 heteroatoms. The van der Waals surface area contributed by atoms with Crippen molar-refractivity contribution in [1.82, 2.24) is 5.32 Å². The van der Waals surface area contributed by atoms with Gasteiger partial charge >= 0.3 is 0 Å². The van der Waals surface area contributed by atoms with Crippen molar-refractivity contribution in [3.63, 3.8) is 0 Å². The molecular formula is C18H27NO2. The Morgan fingerprint density at radius 3 is 2.52 bits per heavy atom. The zero-order valence-electron chi connectivity index (χ0n) is 13.2.